The van der Waals surface area contributed by atoms with Crippen LogP contribution in [0.4, 0.5) is 11.4 Å². The Morgan fingerprint density at radius 3 is 2.06 bits per heavy atom. The first-order valence-electron chi connectivity index (χ1n) is 9.13. The number of hydrogen-bond acceptors (Lipinski definition) is 8. The third kappa shape index (κ3) is 4.50. The lowest BCUT2D eigenvalue weighted by Crippen LogP contribution is -2.29. The summed E-state index contributed by atoms with van der Waals surface area (Å²) in [7, 11) is -1.63. The minimum absolute atomic E-state index is 0.352. The molecule has 0 saturated carbocycles. The Morgan fingerprint density at radius 2 is 1.50 bits per heavy atom. The first-order valence-corrected chi connectivity index (χ1v) is 10.7. The molecule has 1 N–H and O–H groups in total. The highest BCUT2D eigenvalue weighted by Gasteiger charge is 2.38. The number of non-ortho nitro benzene ring substituents is 2. The fourth-order valence-corrected chi connectivity index (χ4v) is 4.66. The summed E-state index contributed by atoms with van der Waals surface area (Å²) in [4.78, 5) is 33.6. The minimum atomic E-state index is -3.95. The Kier molecular flexibility index (Phi) is 6.64. The van der Waals surface area contributed by atoms with Crippen molar-refractivity contribution in [2.24, 2.45) is 0 Å². The average molecular weight is 459 g/mol. The number of hydrogen-bond donors (Lipinski definition) is 1. The molecule has 0 bridgehead atoms. The van der Waals surface area contributed by atoms with Crippen molar-refractivity contribution in [2.45, 2.75) is 5.78 Å². The van der Waals surface area contributed by atoms with Gasteiger partial charge in [-0.25, -0.2) is 0 Å². The number of amides is 1. The van der Waals surface area contributed by atoms with Gasteiger partial charge in [-0.3, -0.25) is 29.6 Å². The van der Waals surface area contributed by atoms with Gasteiger partial charge in [0.05, 0.1) is 21.5 Å². The molecular weight excluding hydrogens is 441 g/mol. The third-order valence-corrected chi connectivity index (χ3v) is 6.85. The van der Waals surface area contributed by atoms with Crippen molar-refractivity contribution >= 4 is 35.7 Å². The quantitative estimate of drug-likeness (QED) is 0.292. The summed E-state index contributed by atoms with van der Waals surface area (Å²) in [5.74, 6) is -2.22. The van der Waals surface area contributed by atoms with Gasteiger partial charge in [0.25, 0.3) is 17.3 Å². The van der Waals surface area contributed by atoms with E-state index >= 15 is 0 Å². The van der Waals surface area contributed by atoms with E-state index in [0.717, 1.165) is 37.8 Å². The van der Waals surface area contributed by atoms with E-state index in [1.54, 1.807) is 24.3 Å². The Morgan fingerprint density at radius 1 is 0.938 bits per heavy atom. The largest absolute Gasteiger partial charge is 0.356 e. The molecule has 1 atom stereocenters. The second kappa shape index (κ2) is 9.23. The molecule has 12 heteroatoms. The molecule has 0 aliphatic rings. The van der Waals surface area contributed by atoms with Crippen molar-refractivity contribution in [3.8, 4) is 0 Å². The summed E-state index contributed by atoms with van der Waals surface area (Å²) in [5, 5.41) is 26.3. The first-order chi connectivity index (χ1) is 15.2. The van der Waals surface area contributed by atoms with Gasteiger partial charge in [-0.05, 0) is 16.3 Å². The second-order valence-electron chi connectivity index (χ2n) is 6.60. The van der Waals surface area contributed by atoms with Crippen molar-refractivity contribution in [1.29, 1.82) is 0 Å². The Hall–Kier alpha value is -3.66. The smallest absolute Gasteiger partial charge is 0.334 e. The molecule has 3 rings (SSSR count). The number of carbonyl (C=O) groups excluding carboxylic acids is 1. The summed E-state index contributed by atoms with van der Waals surface area (Å²) in [6.07, 6.45) is 0. The molecule has 0 fully saturated rings. The SMILES string of the molecule is COP(=O)(OC)[C@@H](NC(=O)c1cc([N+](=O)[O-])cc([N+](=O)[O-])c1)c1cccc2ccccc12. The van der Waals surface area contributed by atoms with Gasteiger partial charge in [0.1, 0.15) is 0 Å². The molecule has 1 amide bonds. The number of nitro groups is 2. The molecule has 0 radical (unpaired) electrons. The predicted molar refractivity (Wildman–Crippen MR) is 116 cm³/mol. The zero-order valence-electron chi connectivity index (χ0n) is 17.0. The van der Waals surface area contributed by atoms with Crippen LogP contribution >= 0.6 is 7.60 Å². The summed E-state index contributed by atoms with van der Waals surface area (Å²) in [5.41, 5.74) is -1.20. The van der Waals surface area contributed by atoms with Crippen LogP contribution in [0.5, 0.6) is 0 Å². The number of benzene rings is 3. The Bertz CT molecular complexity index is 1220. The van der Waals surface area contributed by atoms with Gasteiger partial charge in [0, 0.05) is 26.4 Å². The van der Waals surface area contributed by atoms with Crippen molar-refractivity contribution in [3.63, 3.8) is 0 Å². The van der Waals surface area contributed by atoms with Crippen LogP contribution in [-0.2, 0) is 13.6 Å². The molecule has 0 aliphatic heterocycles. The summed E-state index contributed by atoms with van der Waals surface area (Å²) >= 11 is 0. The summed E-state index contributed by atoms with van der Waals surface area (Å²) in [6.45, 7) is 0. The van der Waals surface area contributed by atoms with Crippen molar-refractivity contribution in [2.75, 3.05) is 14.2 Å². The summed E-state index contributed by atoms with van der Waals surface area (Å²) < 4.78 is 23.6. The van der Waals surface area contributed by atoms with Crippen LogP contribution < -0.4 is 5.32 Å². The highest BCUT2D eigenvalue weighted by Crippen LogP contribution is 2.59. The fraction of sp³-hybridized carbons (Fsp3) is 0.150. The maximum absolute atomic E-state index is 13.3. The standard InChI is InChI=1S/C20H18N3O8P/c1-30-32(29,31-2)20(18-9-5-7-13-6-3-4-8-17(13)18)21-19(24)14-10-15(22(25)26)12-16(11-14)23(27)28/h3-12,20H,1-2H3,(H,21,24)/t20-/m1/s1. The van der Waals surface area contributed by atoms with Gasteiger partial charge < -0.3 is 14.4 Å². The predicted octanol–water partition coefficient (Wildman–Crippen LogP) is 4.57. The van der Waals surface area contributed by atoms with Gasteiger partial charge in [-0.1, -0.05) is 42.5 Å². The second-order valence-corrected chi connectivity index (χ2v) is 8.93. The third-order valence-electron chi connectivity index (χ3n) is 4.80. The van der Waals surface area contributed by atoms with Crippen LogP contribution in [0.25, 0.3) is 10.8 Å². The monoisotopic (exact) mass is 459 g/mol. The Labute approximate surface area is 181 Å². The molecule has 0 aliphatic carbocycles. The van der Waals surface area contributed by atoms with Crippen LogP contribution in [0, 0.1) is 20.2 Å². The van der Waals surface area contributed by atoms with Crippen LogP contribution in [-0.4, -0.2) is 30.0 Å². The minimum Gasteiger partial charge on any atom is -0.334 e. The molecule has 32 heavy (non-hydrogen) atoms. The van der Waals surface area contributed by atoms with E-state index in [0.29, 0.717) is 10.9 Å². The van der Waals surface area contributed by atoms with Gasteiger partial charge >= 0.3 is 7.60 Å². The molecule has 0 saturated heterocycles. The van der Waals surface area contributed by atoms with Crippen LogP contribution in [0.1, 0.15) is 21.7 Å². The number of nitrogens with one attached hydrogen (secondary N) is 1. The van der Waals surface area contributed by atoms with E-state index in [2.05, 4.69) is 5.32 Å². The molecule has 0 unspecified atom stereocenters. The van der Waals surface area contributed by atoms with E-state index in [1.165, 1.54) is 0 Å². The Balaban J connectivity index is 2.12. The van der Waals surface area contributed by atoms with E-state index in [-0.39, 0.29) is 5.56 Å². The van der Waals surface area contributed by atoms with E-state index in [4.69, 9.17) is 9.05 Å². The van der Waals surface area contributed by atoms with Crippen molar-refractivity contribution in [3.05, 3.63) is 92.0 Å². The van der Waals surface area contributed by atoms with Crippen molar-refractivity contribution in [1.82, 2.24) is 5.32 Å². The number of nitrogens with zero attached hydrogens (tertiary/aromatic N) is 2. The van der Waals surface area contributed by atoms with Gasteiger partial charge in [-0.2, -0.15) is 0 Å². The van der Waals surface area contributed by atoms with Crippen LogP contribution in [0.2, 0.25) is 0 Å². The number of fused-ring (bicyclic) bond motifs is 1. The van der Waals surface area contributed by atoms with Crippen LogP contribution in [0.15, 0.2) is 60.7 Å². The molecule has 0 aromatic heterocycles. The zero-order chi connectivity index (χ0) is 23.5. The highest BCUT2D eigenvalue weighted by atomic mass is 31.2. The van der Waals surface area contributed by atoms with E-state index in [9.17, 15) is 29.6 Å². The molecule has 166 valence electrons. The average Bonchev–Trinajstić information content (AvgIpc) is 2.81. The molecule has 3 aromatic rings. The fourth-order valence-electron chi connectivity index (χ4n) is 3.25. The van der Waals surface area contributed by atoms with Crippen molar-refractivity contribution < 1.29 is 28.3 Å². The number of carbonyl (C=O) groups is 1. The van der Waals surface area contributed by atoms with E-state index in [1.807, 2.05) is 18.2 Å². The first kappa shape index (κ1) is 23.0. The van der Waals surface area contributed by atoms with E-state index < -0.39 is 40.5 Å². The zero-order valence-corrected chi connectivity index (χ0v) is 17.9. The topological polar surface area (TPSA) is 151 Å². The van der Waals surface area contributed by atoms with Gasteiger partial charge in [0.2, 0.25) is 0 Å². The van der Waals surface area contributed by atoms with Gasteiger partial charge in [0.15, 0.2) is 5.78 Å². The van der Waals surface area contributed by atoms with Crippen LogP contribution in [0.3, 0.4) is 0 Å². The maximum atomic E-state index is 13.3. The highest BCUT2D eigenvalue weighted by molar-refractivity contribution is 7.54. The normalized spacial score (nSPS) is 12.3. The number of nitro benzene ring substituents is 2. The lowest BCUT2D eigenvalue weighted by molar-refractivity contribution is -0.394. The molecule has 0 spiro atoms. The lowest BCUT2D eigenvalue weighted by Gasteiger charge is -2.26. The van der Waals surface area contributed by atoms with Gasteiger partial charge in [-0.15, -0.1) is 0 Å². The molecule has 3 aromatic carbocycles. The number of rotatable bonds is 8. The maximum Gasteiger partial charge on any atom is 0.356 e. The molecular formula is C20H18N3O8P. The molecule has 0 heterocycles. The molecule has 11 nitrogen and oxygen atoms in total. The lowest BCUT2D eigenvalue weighted by atomic mass is 10.0. The summed E-state index contributed by atoms with van der Waals surface area (Å²) in [6, 6.07) is 14.9.